The minimum atomic E-state index is 1.25. The summed E-state index contributed by atoms with van der Waals surface area (Å²) in [5.41, 5.74) is 5.03. The van der Waals surface area contributed by atoms with E-state index in [1.807, 2.05) is 11.3 Å². The van der Waals surface area contributed by atoms with Crippen molar-refractivity contribution >= 4 is 63.8 Å². The van der Waals surface area contributed by atoms with Crippen LogP contribution in [0.1, 0.15) is 0 Å². The number of hydrogen-bond acceptors (Lipinski definition) is 1. The van der Waals surface area contributed by atoms with Gasteiger partial charge in [-0.15, -0.1) is 11.3 Å². The van der Waals surface area contributed by atoms with E-state index in [0.29, 0.717) is 0 Å². The van der Waals surface area contributed by atoms with Crippen LogP contribution in [0, 0.1) is 0 Å². The summed E-state index contributed by atoms with van der Waals surface area (Å²) in [4.78, 5) is 0. The summed E-state index contributed by atoms with van der Waals surface area (Å²) in [6.45, 7) is 0. The molecule has 8 rings (SSSR count). The molecule has 1 heteroatoms. The predicted molar refractivity (Wildman–Crippen MR) is 163 cm³/mol. The van der Waals surface area contributed by atoms with E-state index in [2.05, 4.69) is 133 Å². The van der Waals surface area contributed by atoms with Crippen LogP contribution in [-0.4, -0.2) is 0 Å². The molecule has 0 saturated heterocycles. The molecule has 0 aliphatic rings. The van der Waals surface area contributed by atoms with Crippen molar-refractivity contribution in [1.82, 2.24) is 0 Å². The van der Waals surface area contributed by atoms with Crippen LogP contribution in [0.15, 0.2) is 133 Å². The van der Waals surface area contributed by atoms with Crippen molar-refractivity contribution in [1.29, 1.82) is 0 Å². The van der Waals surface area contributed by atoms with Crippen molar-refractivity contribution < 1.29 is 0 Å². The molecule has 0 aliphatic carbocycles. The Morgan fingerprint density at radius 3 is 1.65 bits per heavy atom. The Balaban J connectivity index is 1.38. The lowest BCUT2D eigenvalue weighted by Crippen LogP contribution is -1.87. The van der Waals surface area contributed by atoms with Crippen LogP contribution in [0.2, 0.25) is 0 Å². The van der Waals surface area contributed by atoms with E-state index in [1.54, 1.807) is 0 Å². The van der Waals surface area contributed by atoms with E-state index >= 15 is 0 Å². The van der Waals surface area contributed by atoms with Crippen LogP contribution in [0.25, 0.3) is 74.7 Å². The fourth-order valence-corrected chi connectivity index (χ4v) is 7.05. The zero-order chi connectivity index (χ0) is 24.3. The molecule has 0 radical (unpaired) electrons. The van der Waals surface area contributed by atoms with Gasteiger partial charge in [-0.25, -0.2) is 0 Å². The van der Waals surface area contributed by atoms with Crippen molar-refractivity contribution in [3.8, 4) is 22.3 Å². The van der Waals surface area contributed by atoms with E-state index in [4.69, 9.17) is 0 Å². The Morgan fingerprint density at radius 2 is 0.865 bits per heavy atom. The Morgan fingerprint density at radius 1 is 0.324 bits per heavy atom. The van der Waals surface area contributed by atoms with Gasteiger partial charge in [-0.1, -0.05) is 109 Å². The average molecular weight is 487 g/mol. The summed E-state index contributed by atoms with van der Waals surface area (Å²) in [5.74, 6) is 0. The second-order valence-corrected chi connectivity index (χ2v) is 10.8. The normalized spacial score (nSPS) is 11.8. The molecule has 0 spiro atoms. The highest BCUT2D eigenvalue weighted by atomic mass is 32.1. The molecule has 1 heterocycles. The van der Waals surface area contributed by atoms with Gasteiger partial charge >= 0.3 is 0 Å². The molecule has 0 saturated carbocycles. The minimum Gasteiger partial charge on any atom is -0.135 e. The van der Waals surface area contributed by atoms with E-state index in [-0.39, 0.29) is 0 Å². The van der Waals surface area contributed by atoms with Crippen LogP contribution < -0.4 is 0 Å². The molecule has 1 aromatic heterocycles. The van der Waals surface area contributed by atoms with Crippen molar-refractivity contribution in [2.75, 3.05) is 0 Å². The number of fused-ring (bicyclic) bond motifs is 9. The van der Waals surface area contributed by atoms with Crippen molar-refractivity contribution in [2.45, 2.75) is 0 Å². The van der Waals surface area contributed by atoms with Gasteiger partial charge in [0, 0.05) is 20.2 Å². The molecule has 0 aliphatic heterocycles. The summed E-state index contributed by atoms with van der Waals surface area (Å²) < 4.78 is 2.69. The smallest absolute Gasteiger partial charge is 0.0355 e. The van der Waals surface area contributed by atoms with E-state index in [1.165, 1.54) is 74.7 Å². The van der Waals surface area contributed by atoms with E-state index in [0.717, 1.165) is 0 Å². The molecule has 0 atom stereocenters. The number of thiophene rings is 1. The molecule has 0 unspecified atom stereocenters. The summed E-state index contributed by atoms with van der Waals surface area (Å²) >= 11 is 1.87. The molecule has 37 heavy (non-hydrogen) atoms. The molecule has 0 amide bonds. The first-order valence-corrected chi connectivity index (χ1v) is 13.5. The molecule has 0 fully saturated rings. The standard InChI is InChI=1S/C36H22S/c1-2-12-29-27(11-1)28-13-3-4-15-31(28)36-26(16-8-17-32(29)36)25-10-7-9-23(21-25)24-19-20-35-33(22-24)30-14-5-6-18-34(30)37-35/h1-22H. The van der Waals surface area contributed by atoms with E-state index < -0.39 is 0 Å². The van der Waals surface area contributed by atoms with Crippen molar-refractivity contribution in [3.05, 3.63) is 133 Å². The predicted octanol–water partition coefficient (Wildman–Crippen LogP) is 10.8. The van der Waals surface area contributed by atoms with Gasteiger partial charge in [-0.2, -0.15) is 0 Å². The molecule has 8 aromatic rings. The first-order valence-electron chi connectivity index (χ1n) is 12.7. The van der Waals surface area contributed by atoms with Gasteiger partial charge in [0.15, 0.2) is 0 Å². The minimum absolute atomic E-state index is 1.25. The Bertz CT molecular complexity index is 2100. The lowest BCUT2D eigenvalue weighted by Gasteiger charge is -2.15. The van der Waals surface area contributed by atoms with Crippen LogP contribution in [-0.2, 0) is 0 Å². The fourth-order valence-electron chi connectivity index (χ4n) is 5.97. The highest BCUT2D eigenvalue weighted by Crippen LogP contribution is 2.41. The van der Waals surface area contributed by atoms with Gasteiger partial charge < -0.3 is 0 Å². The molecule has 7 aromatic carbocycles. The van der Waals surface area contributed by atoms with Gasteiger partial charge in [0.1, 0.15) is 0 Å². The zero-order valence-corrected chi connectivity index (χ0v) is 20.9. The maximum Gasteiger partial charge on any atom is 0.0355 e. The molecule has 0 N–H and O–H groups in total. The van der Waals surface area contributed by atoms with Gasteiger partial charge in [-0.05, 0) is 78.8 Å². The number of rotatable bonds is 2. The van der Waals surface area contributed by atoms with Gasteiger partial charge in [0.25, 0.3) is 0 Å². The Hall–Kier alpha value is -4.46. The number of benzene rings is 7. The molecule has 0 nitrogen and oxygen atoms in total. The maximum absolute atomic E-state index is 2.36. The molecular formula is C36H22S. The second kappa shape index (κ2) is 8.03. The highest BCUT2D eigenvalue weighted by Gasteiger charge is 2.13. The molecule has 0 bridgehead atoms. The summed E-state index contributed by atoms with van der Waals surface area (Å²) in [6.07, 6.45) is 0. The van der Waals surface area contributed by atoms with E-state index in [9.17, 15) is 0 Å². The maximum atomic E-state index is 2.36. The monoisotopic (exact) mass is 486 g/mol. The number of hydrogen-bond donors (Lipinski definition) is 0. The third-order valence-electron chi connectivity index (χ3n) is 7.65. The van der Waals surface area contributed by atoms with Crippen molar-refractivity contribution in [2.24, 2.45) is 0 Å². The highest BCUT2D eigenvalue weighted by molar-refractivity contribution is 7.25. The SMILES string of the molecule is c1cc(-c2ccc3sc4ccccc4c3c2)cc(-c2cccc3c4ccccc4c4ccccc4c23)c1. The van der Waals surface area contributed by atoms with Crippen LogP contribution in [0.5, 0.6) is 0 Å². The Labute approximate surface area is 219 Å². The fraction of sp³-hybridized carbons (Fsp3) is 0. The van der Waals surface area contributed by atoms with Crippen molar-refractivity contribution in [3.63, 3.8) is 0 Å². The first-order chi connectivity index (χ1) is 18.3. The average Bonchev–Trinajstić information content (AvgIpc) is 3.35. The quantitative estimate of drug-likeness (QED) is 0.213. The zero-order valence-electron chi connectivity index (χ0n) is 20.1. The van der Waals surface area contributed by atoms with Gasteiger partial charge in [-0.3, -0.25) is 0 Å². The topological polar surface area (TPSA) is 0 Å². The molecular weight excluding hydrogens is 464 g/mol. The summed E-state index contributed by atoms with van der Waals surface area (Å²) in [7, 11) is 0. The summed E-state index contributed by atoms with van der Waals surface area (Å²) in [5, 5.41) is 10.6. The van der Waals surface area contributed by atoms with Gasteiger partial charge in [0.05, 0.1) is 0 Å². The van der Waals surface area contributed by atoms with Crippen LogP contribution in [0.4, 0.5) is 0 Å². The largest absolute Gasteiger partial charge is 0.135 e. The third-order valence-corrected chi connectivity index (χ3v) is 8.80. The molecule has 172 valence electrons. The Kier molecular flexibility index (Phi) is 4.49. The first kappa shape index (κ1) is 20.7. The lowest BCUT2D eigenvalue weighted by atomic mass is 9.89. The van der Waals surface area contributed by atoms with Crippen LogP contribution in [0.3, 0.4) is 0 Å². The van der Waals surface area contributed by atoms with Gasteiger partial charge in [0.2, 0.25) is 0 Å². The third kappa shape index (κ3) is 3.15. The summed E-state index contributed by atoms with van der Waals surface area (Å²) in [6, 6.07) is 49.0. The van der Waals surface area contributed by atoms with Crippen LogP contribution >= 0.6 is 11.3 Å². The second-order valence-electron chi connectivity index (χ2n) is 9.71. The lowest BCUT2D eigenvalue weighted by molar-refractivity contribution is 1.63.